The molecule has 0 aliphatic carbocycles. The van der Waals surface area contributed by atoms with Crippen molar-refractivity contribution in [2.24, 2.45) is 0 Å². The largest absolute Gasteiger partial charge is 0.365 e. The summed E-state index contributed by atoms with van der Waals surface area (Å²) in [6, 6.07) is 11.8. The van der Waals surface area contributed by atoms with Gasteiger partial charge in [0, 0.05) is 41.3 Å². The van der Waals surface area contributed by atoms with E-state index in [0.717, 1.165) is 23.7 Å². The fourth-order valence-corrected chi connectivity index (χ4v) is 5.58. The molecule has 7 nitrogen and oxygen atoms in total. The van der Waals surface area contributed by atoms with Crippen molar-refractivity contribution in [1.82, 2.24) is 20.2 Å². The molecule has 0 unspecified atom stereocenters. The molecule has 8 heteroatoms. The normalized spacial score (nSPS) is 17.6. The van der Waals surface area contributed by atoms with Crippen LogP contribution >= 0.6 is 11.3 Å². The van der Waals surface area contributed by atoms with Crippen LogP contribution in [0.3, 0.4) is 0 Å². The third kappa shape index (κ3) is 4.08. The van der Waals surface area contributed by atoms with Gasteiger partial charge >= 0.3 is 0 Å². The van der Waals surface area contributed by atoms with E-state index in [2.05, 4.69) is 46.1 Å². The number of aromatic nitrogens is 2. The molecule has 2 aromatic heterocycles. The number of carbonyl (C=O) groups excluding carboxylic acids is 1. The number of thiophene rings is 1. The Balaban J connectivity index is 1.26. The molecule has 32 heavy (non-hydrogen) atoms. The summed E-state index contributed by atoms with van der Waals surface area (Å²) in [7, 11) is 0. The maximum Gasteiger partial charge on any atom is 0.294 e. The van der Waals surface area contributed by atoms with E-state index in [1.54, 1.807) is 22.1 Å². The second-order valence-corrected chi connectivity index (χ2v) is 9.72. The molecular weight excluding hydrogens is 422 g/mol. The Bertz CT molecular complexity index is 1170. The van der Waals surface area contributed by atoms with Crippen LogP contribution in [0.2, 0.25) is 0 Å². The Morgan fingerprint density at radius 3 is 2.97 bits per heavy atom. The van der Waals surface area contributed by atoms with Gasteiger partial charge in [0.25, 0.3) is 5.56 Å². The number of aryl methyl sites for hydroxylation is 1. The van der Waals surface area contributed by atoms with Crippen molar-refractivity contribution in [3.8, 4) is 0 Å². The standard InChI is InChI=1S/C24H27N5O2S/c1-15(16-5-3-2-4-6-16)10-26-22-24(31)29-18(12-27-22)7-8-20(29)23(30)28-13-19-9-17-11-25-14-21(17)32-19/h2-6,9,12,15,20,25H,7-8,10-11,13-14H2,1H3,(H,26,27)(H,28,30)/t15-,20-/m0/s1. The van der Waals surface area contributed by atoms with Crippen LogP contribution in [0, 0.1) is 0 Å². The van der Waals surface area contributed by atoms with Crippen LogP contribution in [-0.4, -0.2) is 22.0 Å². The SMILES string of the molecule is C[C@@H](CNc1ncc2n(c1=O)[C@H](C(=O)NCc1cc3c(s1)CNC3)CC2)c1ccccc1. The lowest BCUT2D eigenvalue weighted by molar-refractivity contribution is -0.124. The molecule has 0 fully saturated rings. The Labute approximate surface area is 190 Å². The van der Waals surface area contributed by atoms with Crippen molar-refractivity contribution in [3.05, 3.63) is 79.5 Å². The summed E-state index contributed by atoms with van der Waals surface area (Å²) in [5, 5.41) is 9.57. The number of amides is 1. The summed E-state index contributed by atoms with van der Waals surface area (Å²) in [5.41, 5.74) is 3.13. The van der Waals surface area contributed by atoms with E-state index >= 15 is 0 Å². The zero-order valence-electron chi connectivity index (χ0n) is 18.1. The highest BCUT2D eigenvalue weighted by atomic mass is 32.1. The van der Waals surface area contributed by atoms with Crippen molar-refractivity contribution in [2.45, 2.75) is 51.4 Å². The quantitative estimate of drug-likeness (QED) is 0.516. The second-order valence-electron chi connectivity index (χ2n) is 8.50. The molecule has 5 rings (SSSR count). The lowest BCUT2D eigenvalue weighted by Gasteiger charge is -2.17. The maximum atomic E-state index is 13.1. The highest BCUT2D eigenvalue weighted by Gasteiger charge is 2.30. The fraction of sp³-hybridized carbons (Fsp3) is 0.375. The van der Waals surface area contributed by atoms with Crippen molar-refractivity contribution >= 4 is 23.1 Å². The third-order valence-electron chi connectivity index (χ3n) is 6.29. The van der Waals surface area contributed by atoms with Gasteiger partial charge in [0.05, 0.1) is 6.54 Å². The van der Waals surface area contributed by atoms with Crippen LogP contribution in [0.25, 0.3) is 0 Å². The third-order valence-corrected chi connectivity index (χ3v) is 7.47. The molecule has 4 heterocycles. The number of hydrogen-bond acceptors (Lipinski definition) is 6. The first-order chi connectivity index (χ1) is 15.6. The molecule has 166 valence electrons. The zero-order chi connectivity index (χ0) is 22.1. The van der Waals surface area contributed by atoms with Crippen molar-refractivity contribution in [2.75, 3.05) is 11.9 Å². The number of anilines is 1. The van der Waals surface area contributed by atoms with Crippen molar-refractivity contribution < 1.29 is 4.79 Å². The van der Waals surface area contributed by atoms with E-state index in [0.29, 0.717) is 31.7 Å². The van der Waals surface area contributed by atoms with Crippen LogP contribution in [0.4, 0.5) is 5.82 Å². The number of benzene rings is 1. The topological polar surface area (TPSA) is 88.0 Å². The number of fused-ring (bicyclic) bond motifs is 2. The Morgan fingerprint density at radius 1 is 1.31 bits per heavy atom. The molecular formula is C24H27N5O2S. The van der Waals surface area contributed by atoms with E-state index in [1.165, 1.54) is 16.0 Å². The minimum atomic E-state index is -0.485. The van der Waals surface area contributed by atoms with Gasteiger partial charge in [-0.3, -0.25) is 14.2 Å². The van der Waals surface area contributed by atoms with Gasteiger partial charge in [-0.1, -0.05) is 37.3 Å². The van der Waals surface area contributed by atoms with E-state index in [1.807, 2.05) is 18.2 Å². The predicted octanol–water partition coefficient (Wildman–Crippen LogP) is 2.93. The number of rotatable bonds is 7. The highest BCUT2D eigenvalue weighted by Crippen LogP contribution is 2.27. The first-order valence-electron chi connectivity index (χ1n) is 11.1. The molecule has 3 aromatic rings. The van der Waals surface area contributed by atoms with E-state index in [4.69, 9.17) is 0 Å². The van der Waals surface area contributed by atoms with Crippen LogP contribution in [0.15, 0.2) is 47.4 Å². The first kappa shape index (κ1) is 20.9. The average molecular weight is 450 g/mol. The number of hydrogen-bond donors (Lipinski definition) is 3. The first-order valence-corrected chi connectivity index (χ1v) is 11.9. The molecule has 0 bridgehead atoms. The predicted molar refractivity (Wildman–Crippen MR) is 126 cm³/mol. The molecule has 2 atom stereocenters. The Kier molecular flexibility index (Phi) is 5.80. The highest BCUT2D eigenvalue weighted by molar-refractivity contribution is 7.12. The van der Waals surface area contributed by atoms with Gasteiger partial charge < -0.3 is 16.0 Å². The second kappa shape index (κ2) is 8.88. The molecule has 1 amide bonds. The number of carbonyl (C=O) groups is 1. The van der Waals surface area contributed by atoms with E-state index in [-0.39, 0.29) is 17.4 Å². The van der Waals surface area contributed by atoms with Gasteiger partial charge in [-0.05, 0) is 36.0 Å². The summed E-state index contributed by atoms with van der Waals surface area (Å²) in [4.78, 5) is 33.0. The number of nitrogens with one attached hydrogen (secondary N) is 3. The molecule has 0 saturated carbocycles. The van der Waals surface area contributed by atoms with Gasteiger partial charge in [0.15, 0.2) is 5.82 Å². The van der Waals surface area contributed by atoms with Gasteiger partial charge in [-0.2, -0.15) is 0 Å². The maximum absolute atomic E-state index is 13.1. The lowest BCUT2D eigenvalue weighted by atomic mass is 10.0. The molecule has 2 aliphatic rings. The van der Waals surface area contributed by atoms with Gasteiger partial charge in [-0.15, -0.1) is 11.3 Å². The van der Waals surface area contributed by atoms with Crippen LogP contribution in [0.5, 0.6) is 0 Å². The summed E-state index contributed by atoms with van der Waals surface area (Å²) in [5.74, 6) is 0.433. The summed E-state index contributed by atoms with van der Waals surface area (Å²) < 4.78 is 1.62. The number of nitrogens with zero attached hydrogens (tertiary/aromatic N) is 2. The molecule has 3 N–H and O–H groups in total. The summed E-state index contributed by atoms with van der Waals surface area (Å²) in [6.45, 7) is 5.02. The van der Waals surface area contributed by atoms with Gasteiger partial charge in [0.2, 0.25) is 5.91 Å². The van der Waals surface area contributed by atoms with Gasteiger partial charge in [0.1, 0.15) is 6.04 Å². The molecule has 0 saturated heterocycles. The fourth-order valence-electron chi connectivity index (χ4n) is 4.48. The van der Waals surface area contributed by atoms with Crippen LogP contribution < -0.4 is 21.5 Å². The molecule has 0 spiro atoms. The van der Waals surface area contributed by atoms with E-state index < -0.39 is 6.04 Å². The lowest BCUT2D eigenvalue weighted by Crippen LogP contribution is -2.36. The van der Waals surface area contributed by atoms with E-state index in [9.17, 15) is 9.59 Å². The summed E-state index contributed by atoms with van der Waals surface area (Å²) >= 11 is 1.74. The molecule has 1 aromatic carbocycles. The van der Waals surface area contributed by atoms with Crippen molar-refractivity contribution in [1.29, 1.82) is 0 Å². The Hall–Kier alpha value is -2.97. The zero-order valence-corrected chi connectivity index (χ0v) is 18.9. The van der Waals surface area contributed by atoms with Crippen LogP contribution in [-0.2, 0) is 30.8 Å². The minimum Gasteiger partial charge on any atom is -0.365 e. The monoisotopic (exact) mass is 449 g/mol. The summed E-state index contributed by atoms with van der Waals surface area (Å²) in [6.07, 6.45) is 3.03. The minimum absolute atomic E-state index is 0.104. The van der Waals surface area contributed by atoms with Crippen LogP contribution in [0.1, 0.15) is 51.9 Å². The van der Waals surface area contributed by atoms with Crippen molar-refractivity contribution in [3.63, 3.8) is 0 Å². The molecule has 2 aliphatic heterocycles. The van der Waals surface area contributed by atoms with Gasteiger partial charge in [-0.25, -0.2) is 4.98 Å². The smallest absolute Gasteiger partial charge is 0.294 e. The molecule has 0 radical (unpaired) electrons. The average Bonchev–Trinajstić information content (AvgIpc) is 3.52. The Morgan fingerprint density at radius 2 is 2.16 bits per heavy atom.